The minimum absolute atomic E-state index is 0.146. The van der Waals surface area contributed by atoms with Gasteiger partial charge < -0.3 is 4.98 Å². The van der Waals surface area contributed by atoms with Gasteiger partial charge in [0.05, 0.1) is 4.92 Å². The van der Waals surface area contributed by atoms with Crippen LogP contribution in [0.2, 0.25) is 0 Å². The Labute approximate surface area is 92.7 Å². The molecule has 1 N–H and O–H groups in total. The van der Waals surface area contributed by atoms with Crippen molar-refractivity contribution in [2.45, 2.75) is 13.8 Å². The molecule has 0 unspecified atom stereocenters. The monoisotopic (exact) mass is 216 g/mol. The SMILES string of the molecule is C/C(=C\c1c(C)[nH]c2ccccc12)[N+](=O)[O-]. The molecule has 82 valence electrons. The van der Waals surface area contributed by atoms with Gasteiger partial charge in [0.15, 0.2) is 0 Å². The summed E-state index contributed by atoms with van der Waals surface area (Å²) in [6.07, 6.45) is 1.61. The second-order valence-electron chi connectivity index (χ2n) is 3.75. The summed E-state index contributed by atoms with van der Waals surface area (Å²) in [7, 11) is 0. The van der Waals surface area contributed by atoms with Gasteiger partial charge in [-0.1, -0.05) is 18.2 Å². The number of nitro groups is 1. The van der Waals surface area contributed by atoms with Gasteiger partial charge in [-0.2, -0.15) is 0 Å². The smallest absolute Gasteiger partial charge is 0.243 e. The van der Waals surface area contributed by atoms with Gasteiger partial charge in [-0.05, 0) is 13.0 Å². The lowest BCUT2D eigenvalue weighted by atomic mass is 10.1. The van der Waals surface area contributed by atoms with Crippen LogP contribution in [0, 0.1) is 17.0 Å². The van der Waals surface area contributed by atoms with E-state index in [9.17, 15) is 10.1 Å². The zero-order chi connectivity index (χ0) is 11.7. The maximum absolute atomic E-state index is 10.6. The number of hydrogen-bond acceptors (Lipinski definition) is 2. The Kier molecular flexibility index (Phi) is 2.48. The summed E-state index contributed by atoms with van der Waals surface area (Å²) < 4.78 is 0. The highest BCUT2D eigenvalue weighted by molar-refractivity contribution is 5.90. The Hall–Kier alpha value is -2.10. The van der Waals surface area contributed by atoms with Gasteiger partial charge in [0, 0.05) is 35.2 Å². The predicted octanol–water partition coefficient (Wildman–Crippen LogP) is 3.11. The van der Waals surface area contributed by atoms with Crippen molar-refractivity contribution in [3.63, 3.8) is 0 Å². The largest absolute Gasteiger partial charge is 0.358 e. The van der Waals surface area contributed by atoms with E-state index in [0.717, 1.165) is 22.2 Å². The van der Waals surface area contributed by atoms with Gasteiger partial charge in [-0.25, -0.2) is 0 Å². The van der Waals surface area contributed by atoms with E-state index in [1.807, 2.05) is 31.2 Å². The Morgan fingerprint density at radius 3 is 2.81 bits per heavy atom. The molecule has 0 aliphatic heterocycles. The number of nitrogens with one attached hydrogen (secondary N) is 1. The molecule has 0 aliphatic carbocycles. The van der Waals surface area contributed by atoms with Crippen molar-refractivity contribution >= 4 is 17.0 Å². The van der Waals surface area contributed by atoms with Gasteiger partial charge in [-0.3, -0.25) is 10.1 Å². The molecule has 0 fully saturated rings. The quantitative estimate of drug-likeness (QED) is 0.619. The van der Waals surface area contributed by atoms with E-state index < -0.39 is 0 Å². The van der Waals surface area contributed by atoms with Crippen molar-refractivity contribution in [3.8, 4) is 0 Å². The number of nitrogens with zero attached hydrogens (tertiary/aromatic N) is 1. The molecule has 0 saturated heterocycles. The van der Waals surface area contributed by atoms with Crippen molar-refractivity contribution in [1.82, 2.24) is 4.98 Å². The van der Waals surface area contributed by atoms with E-state index >= 15 is 0 Å². The van der Waals surface area contributed by atoms with Gasteiger partial charge >= 0.3 is 0 Å². The summed E-state index contributed by atoms with van der Waals surface area (Å²) in [6.45, 7) is 3.42. The standard InChI is InChI=1S/C12H12N2O2/c1-8(14(15)16)7-11-9(2)13-12-6-4-3-5-10(11)12/h3-7,13H,1-2H3/b8-7+. The number of aromatic amines is 1. The van der Waals surface area contributed by atoms with Crippen LogP contribution in [0.25, 0.3) is 17.0 Å². The van der Waals surface area contributed by atoms with E-state index in [2.05, 4.69) is 4.98 Å². The normalized spacial score (nSPS) is 12.0. The number of hydrogen-bond donors (Lipinski definition) is 1. The van der Waals surface area contributed by atoms with Crippen LogP contribution in [-0.2, 0) is 0 Å². The van der Waals surface area contributed by atoms with Crippen molar-refractivity contribution in [3.05, 3.63) is 51.3 Å². The number of aromatic nitrogens is 1. The molecule has 0 radical (unpaired) electrons. The molecule has 0 saturated carbocycles. The van der Waals surface area contributed by atoms with Crippen LogP contribution in [-0.4, -0.2) is 9.91 Å². The van der Waals surface area contributed by atoms with Gasteiger partial charge in [-0.15, -0.1) is 0 Å². The summed E-state index contributed by atoms with van der Waals surface area (Å²) in [4.78, 5) is 13.4. The lowest BCUT2D eigenvalue weighted by Gasteiger charge is -1.93. The number of allylic oxidation sites excluding steroid dienone is 1. The van der Waals surface area contributed by atoms with Gasteiger partial charge in [0.25, 0.3) is 0 Å². The van der Waals surface area contributed by atoms with Crippen molar-refractivity contribution in [1.29, 1.82) is 0 Å². The highest BCUT2D eigenvalue weighted by Gasteiger charge is 2.09. The lowest BCUT2D eigenvalue weighted by Crippen LogP contribution is -1.93. The number of aryl methyl sites for hydroxylation is 1. The minimum Gasteiger partial charge on any atom is -0.358 e. The molecule has 0 spiro atoms. The highest BCUT2D eigenvalue weighted by Crippen LogP contribution is 2.24. The number of benzene rings is 1. The maximum atomic E-state index is 10.6. The van der Waals surface area contributed by atoms with E-state index in [4.69, 9.17) is 0 Å². The molecular weight excluding hydrogens is 204 g/mol. The third-order valence-electron chi connectivity index (χ3n) is 2.58. The summed E-state index contributed by atoms with van der Waals surface area (Å²) >= 11 is 0. The first-order chi connectivity index (χ1) is 7.59. The Bertz CT molecular complexity index is 582. The molecule has 4 heteroatoms. The van der Waals surface area contributed by atoms with Crippen LogP contribution in [0.1, 0.15) is 18.2 Å². The van der Waals surface area contributed by atoms with Crippen molar-refractivity contribution in [2.24, 2.45) is 0 Å². The molecule has 1 aromatic carbocycles. The van der Waals surface area contributed by atoms with Crippen molar-refractivity contribution < 1.29 is 4.92 Å². The molecule has 0 amide bonds. The minimum atomic E-state index is -0.374. The predicted molar refractivity (Wildman–Crippen MR) is 63.7 cm³/mol. The topological polar surface area (TPSA) is 58.9 Å². The molecule has 2 rings (SSSR count). The molecule has 16 heavy (non-hydrogen) atoms. The number of para-hydroxylation sites is 1. The fraction of sp³-hybridized carbons (Fsp3) is 0.167. The van der Waals surface area contributed by atoms with Gasteiger partial charge in [0.2, 0.25) is 5.70 Å². The van der Waals surface area contributed by atoms with Crippen LogP contribution in [0.3, 0.4) is 0 Å². The summed E-state index contributed by atoms with van der Waals surface area (Å²) in [5, 5.41) is 11.6. The lowest BCUT2D eigenvalue weighted by molar-refractivity contribution is -0.422. The van der Waals surface area contributed by atoms with E-state index in [1.165, 1.54) is 6.92 Å². The number of rotatable bonds is 2. The van der Waals surface area contributed by atoms with Crippen LogP contribution >= 0.6 is 0 Å². The summed E-state index contributed by atoms with van der Waals surface area (Å²) in [6, 6.07) is 7.78. The van der Waals surface area contributed by atoms with E-state index in [-0.39, 0.29) is 10.6 Å². The van der Waals surface area contributed by atoms with Crippen molar-refractivity contribution in [2.75, 3.05) is 0 Å². The van der Waals surface area contributed by atoms with Gasteiger partial charge in [0.1, 0.15) is 0 Å². The maximum Gasteiger partial charge on any atom is 0.243 e. The zero-order valence-electron chi connectivity index (χ0n) is 9.15. The van der Waals surface area contributed by atoms with E-state index in [1.54, 1.807) is 6.08 Å². The first kappa shape index (κ1) is 10.4. The molecular formula is C12H12N2O2. The van der Waals surface area contributed by atoms with Crippen LogP contribution in [0.5, 0.6) is 0 Å². The number of H-pyrrole nitrogens is 1. The molecule has 1 aromatic heterocycles. The number of fused-ring (bicyclic) bond motifs is 1. The average molecular weight is 216 g/mol. The molecule has 2 aromatic rings. The van der Waals surface area contributed by atoms with Crippen LogP contribution in [0.4, 0.5) is 0 Å². The summed E-state index contributed by atoms with van der Waals surface area (Å²) in [5.74, 6) is 0. The van der Waals surface area contributed by atoms with E-state index in [0.29, 0.717) is 0 Å². The molecule has 1 heterocycles. The molecule has 4 nitrogen and oxygen atoms in total. The Balaban J connectivity index is 2.64. The fourth-order valence-corrected chi connectivity index (χ4v) is 1.75. The highest BCUT2D eigenvalue weighted by atomic mass is 16.6. The van der Waals surface area contributed by atoms with Crippen LogP contribution < -0.4 is 0 Å². The summed E-state index contributed by atoms with van der Waals surface area (Å²) in [5.41, 5.74) is 2.99. The third kappa shape index (κ3) is 1.69. The average Bonchev–Trinajstić information content (AvgIpc) is 2.55. The first-order valence-corrected chi connectivity index (χ1v) is 4.99. The molecule has 0 bridgehead atoms. The second kappa shape index (κ2) is 3.81. The fourth-order valence-electron chi connectivity index (χ4n) is 1.75. The third-order valence-corrected chi connectivity index (χ3v) is 2.58. The van der Waals surface area contributed by atoms with Crippen LogP contribution in [0.15, 0.2) is 30.0 Å². The Morgan fingerprint density at radius 2 is 2.12 bits per heavy atom. The molecule has 0 atom stereocenters. The molecule has 0 aliphatic rings. The first-order valence-electron chi connectivity index (χ1n) is 4.99. The zero-order valence-corrected chi connectivity index (χ0v) is 9.15. The second-order valence-corrected chi connectivity index (χ2v) is 3.75. The Morgan fingerprint density at radius 1 is 1.44 bits per heavy atom.